The van der Waals surface area contributed by atoms with Gasteiger partial charge in [0.2, 0.25) is 0 Å². The molecule has 0 radical (unpaired) electrons. The van der Waals surface area contributed by atoms with Crippen LogP contribution in [0.15, 0.2) is 42.5 Å². The van der Waals surface area contributed by atoms with E-state index in [4.69, 9.17) is 23.2 Å². The highest BCUT2D eigenvalue weighted by Crippen LogP contribution is 2.21. The summed E-state index contributed by atoms with van der Waals surface area (Å²) in [5.74, 6) is -0.0746. The van der Waals surface area contributed by atoms with Gasteiger partial charge in [0.1, 0.15) is 0 Å². The minimum absolute atomic E-state index is 0.0746. The summed E-state index contributed by atoms with van der Waals surface area (Å²) in [5.41, 5.74) is 2.26. The predicted molar refractivity (Wildman–Crippen MR) is 71.1 cm³/mol. The molecule has 0 aromatic heterocycles. The van der Waals surface area contributed by atoms with Crippen molar-refractivity contribution in [3.05, 3.63) is 69.2 Å². The second-order valence-electron chi connectivity index (χ2n) is 3.85. The van der Waals surface area contributed by atoms with Gasteiger partial charge in [-0.3, -0.25) is 4.79 Å². The van der Waals surface area contributed by atoms with Gasteiger partial charge in [-0.25, -0.2) is 0 Å². The average molecular weight is 265 g/mol. The number of hydrogen-bond acceptors (Lipinski definition) is 1. The van der Waals surface area contributed by atoms with Crippen LogP contribution in [0.1, 0.15) is 21.5 Å². The number of benzene rings is 2. The molecule has 0 bridgehead atoms. The van der Waals surface area contributed by atoms with Crippen LogP contribution in [0.4, 0.5) is 0 Å². The number of hydrogen-bond donors (Lipinski definition) is 0. The molecule has 0 heterocycles. The Kier molecular flexibility index (Phi) is 3.51. The van der Waals surface area contributed by atoms with Gasteiger partial charge < -0.3 is 0 Å². The lowest BCUT2D eigenvalue weighted by atomic mass is 10.0. The Bertz CT molecular complexity index is 539. The third-order valence-corrected chi connectivity index (χ3v) is 2.87. The van der Waals surface area contributed by atoms with Crippen LogP contribution in [0.2, 0.25) is 10.0 Å². The Morgan fingerprint density at radius 3 is 1.94 bits per heavy atom. The Labute approximate surface area is 110 Å². The lowest BCUT2D eigenvalue weighted by molar-refractivity contribution is 0.103. The van der Waals surface area contributed by atoms with Crippen LogP contribution in [0.5, 0.6) is 0 Å². The molecule has 0 spiro atoms. The summed E-state index contributed by atoms with van der Waals surface area (Å²) in [6.45, 7) is 1.98. The minimum atomic E-state index is -0.0746. The van der Waals surface area contributed by atoms with E-state index in [-0.39, 0.29) is 5.78 Å². The smallest absolute Gasteiger partial charge is 0.193 e. The summed E-state index contributed by atoms with van der Waals surface area (Å²) in [7, 11) is 0. The van der Waals surface area contributed by atoms with Gasteiger partial charge in [0.05, 0.1) is 0 Å². The van der Waals surface area contributed by atoms with Crippen molar-refractivity contribution in [1.29, 1.82) is 0 Å². The van der Waals surface area contributed by atoms with E-state index in [1.807, 2.05) is 19.1 Å². The van der Waals surface area contributed by atoms with E-state index in [0.29, 0.717) is 21.2 Å². The van der Waals surface area contributed by atoms with Crippen LogP contribution < -0.4 is 0 Å². The molecule has 0 unspecified atom stereocenters. The van der Waals surface area contributed by atoms with Crippen LogP contribution in [0, 0.1) is 6.92 Å². The van der Waals surface area contributed by atoms with Crippen molar-refractivity contribution in [2.24, 2.45) is 0 Å². The third-order valence-electron chi connectivity index (χ3n) is 2.44. The quantitative estimate of drug-likeness (QED) is 0.729. The molecule has 0 saturated carbocycles. The van der Waals surface area contributed by atoms with Crippen LogP contribution in [-0.4, -0.2) is 5.78 Å². The minimum Gasteiger partial charge on any atom is -0.289 e. The zero-order valence-electron chi connectivity index (χ0n) is 9.21. The Hall–Kier alpha value is -1.31. The molecule has 86 valence electrons. The van der Waals surface area contributed by atoms with Crippen LogP contribution >= 0.6 is 23.2 Å². The first-order chi connectivity index (χ1) is 8.06. The Morgan fingerprint density at radius 2 is 1.41 bits per heavy atom. The lowest BCUT2D eigenvalue weighted by Crippen LogP contribution is -2.01. The summed E-state index contributed by atoms with van der Waals surface area (Å²) in [5, 5.41) is 0.931. The van der Waals surface area contributed by atoms with Crippen molar-refractivity contribution in [3.8, 4) is 0 Å². The number of rotatable bonds is 2. The molecule has 0 N–H and O–H groups in total. The predicted octanol–water partition coefficient (Wildman–Crippen LogP) is 4.53. The number of carbonyl (C=O) groups is 1. The van der Waals surface area contributed by atoms with Gasteiger partial charge in [0.15, 0.2) is 5.78 Å². The molecule has 2 aromatic rings. The maximum absolute atomic E-state index is 12.1. The molecule has 0 aliphatic heterocycles. The Balaban J connectivity index is 2.40. The largest absolute Gasteiger partial charge is 0.289 e. The summed E-state index contributed by atoms with van der Waals surface area (Å²) in [6.07, 6.45) is 0. The normalized spacial score (nSPS) is 10.3. The van der Waals surface area contributed by atoms with E-state index in [2.05, 4.69) is 0 Å². The molecule has 0 aliphatic carbocycles. The molecule has 0 fully saturated rings. The zero-order chi connectivity index (χ0) is 12.4. The van der Waals surface area contributed by atoms with Crippen molar-refractivity contribution >= 4 is 29.0 Å². The highest BCUT2D eigenvalue weighted by molar-refractivity contribution is 6.35. The molecule has 0 saturated heterocycles. The lowest BCUT2D eigenvalue weighted by Gasteiger charge is -2.03. The highest BCUT2D eigenvalue weighted by Gasteiger charge is 2.10. The van der Waals surface area contributed by atoms with E-state index >= 15 is 0 Å². The summed E-state index contributed by atoms with van der Waals surface area (Å²) >= 11 is 11.7. The second-order valence-corrected chi connectivity index (χ2v) is 4.73. The monoisotopic (exact) mass is 264 g/mol. The fourth-order valence-electron chi connectivity index (χ4n) is 1.56. The molecule has 0 atom stereocenters. The standard InChI is InChI=1S/C14H10Cl2O/c1-9-2-4-10(5-3-9)14(17)11-6-12(15)8-13(16)7-11/h2-8H,1H3. The number of ketones is 1. The van der Waals surface area contributed by atoms with Crippen molar-refractivity contribution in [1.82, 2.24) is 0 Å². The zero-order valence-corrected chi connectivity index (χ0v) is 10.7. The average Bonchev–Trinajstić information content (AvgIpc) is 2.28. The van der Waals surface area contributed by atoms with E-state index in [1.165, 1.54) is 0 Å². The fraction of sp³-hybridized carbons (Fsp3) is 0.0714. The number of halogens is 2. The van der Waals surface area contributed by atoms with Gasteiger partial charge in [-0.15, -0.1) is 0 Å². The van der Waals surface area contributed by atoms with Gasteiger partial charge in [-0.1, -0.05) is 53.0 Å². The van der Waals surface area contributed by atoms with E-state index in [0.717, 1.165) is 5.56 Å². The van der Waals surface area contributed by atoms with Crippen LogP contribution in [0.25, 0.3) is 0 Å². The molecule has 1 nitrogen and oxygen atoms in total. The SMILES string of the molecule is Cc1ccc(C(=O)c2cc(Cl)cc(Cl)c2)cc1. The molecular formula is C14H10Cl2O. The summed E-state index contributed by atoms with van der Waals surface area (Å²) in [6, 6.07) is 12.2. The fourth-order valence-corrected chi connectivity index (χ4v) is 2.08. The van der Waals surface area contributed by atoms with Crippen molar-refractivity contribution in [2.45, 2.75) is 6.92 Å². The third kappa shape index (κ3) is 2.87. The van der Waals surface area contributed by atoms with Crippen LogP contribution in [-0.2, 0) is 0 Å². The number of carbonyl (C=O) groups excluding carboxylic acids is 1. The highest BCUT2D eigenvalue weighted by atomic mass is 35.5. The van der Waals surface area contributed by atoms with E-state index in [1.54, 1.807) is 30.3 Å². The Morgan fingerprint density at radius 1 is 0.882 bits per heavy atom. The summed E-state index contributed by atoms with van der Waals surface area (Å²) < 4.78 is 0. The molecule has 17 heavy (non-hydrogen) atoms. The topological polar surface area (TPSA) is 17.1 Å². The maximum atomic E-state index is 12.1. The maximum Gasteiger partial charge on any atom is 0.193 e. The summed E-state index contributed by atoms with van der Waals surface area (Å²) in [4.78, 5) is 12.1. The van der Waals surface area contributed by atoms with E-state index < -0.39 is 0 Å². The number of aryl methyl sites for hydroxylation is 1. The molecule has 3 heteroatoms. The second kappa shape index (κ2) is 4.91. The molecule has 2 aromatic carbocycles. The van der Waals surface area contributed by atoms with Gasteiger partial charge in [-0.05, 0) is 25.1 Å². The molecule has 0 amide bonds. The molecular weight excluding hydrogens is 255 g/mol. The molecule has 0 aliphatic rings. The van der Waals surface area contributed by atoms with Crippen LogP contribution in [0.3, 0.4) is 0 Å². The van der Waals surface area contributed by atoms with Gasteiger partial charge in [0, 0.05) is 21.2 Å². The first-order valence-electron chi connectivity index (χ1n) is 5.14. The first-order valence-corrected chi connectivity index (χ1v) is 5.89. The van der Waals surface area contributed by atoms with Gasteiger partial charge in [-0.2, -0.15) is 0 Å². The van der Waals surface area contributed by atoms with Gasteiger partial charge >= 0.3 is 0 Å². The van der Waals surface area contributed by atoms with Gasteiger partial charge in [0.25, 0.3) is 0 Å². The molecule has 2 rings (SSSR count). The van der Waals surface area contributed by atoms with Crippen molar-refractivity contribution < 1.29 is 4.79 Å². The van der Waals surface area contributed by atoms with Crippen molar-refractivity contribution in [3.63, 3.8) is 0 Å². The van der Waals surface area contributed by atoms with E-state index in [9.17, 15) is 4.79 Å². The first kappa shape index (κ1) is 12.2. The van der Waals surface area contributed by atoms with Crippen molar-refractivity contribution in [2.75, 3.05) is 0 Å².